The lowest BCUT2D eigenvalue weighted by Gasteiger charge is -2.11. The summed E-state index contributed by atoms with van der Waals surface area (Å²) < 4.78 is 30.4. The number of carbonyl (C=O) groups is 1. The minimum atomic E-state index is -0.619. The highest BCUT2D eigenvalue weighted by Gasteiger charge is 2.32. The van der Waals surface area contributed by atoms with Gasteiger partial charge in [0.25, 0.3) is 0 Å². The van der Waals surface area contributed by atoms with Gasteiger partial charge in [0.15, 0.2) is 17.3 Å². The number of nitrogens with zero attached hydrogens (tertiary/aromatic N) is 2. The maximum atomic E-state index is 13.5. The second-order valence-corrected chi connectivity index (χ2v) is 6.23. The smallest absolute Gasteiger partial charge is 0.435 e. The molecule has 1 aliphatic carbocycles. The summed E-state index contributed by atoms with van der Waals surface area (Å²) in [6.45, 7) is 0. The van der Waals surface area contributed by atoms with E-state index in [4.69, 9.17) is 14.2 Å². The molecule has 1 heterocycles. The summed E-state index contributed by atoms with van der Waals surface area (Å²) in [7, 11) is 4.41. The van der Waals surface area contributed by atoms with Crippen LogP contribution in [0.5, 0.6) is 11.5 Å². The molecule has 0 amide bonds. The molecule has 0 bridgehead atoms. The molecule has 1 N–H and O–H groups in total. The zero-order chi connectivity index (χ0) is 19.8. The van der Waals surface area contributed by atoms with Crippen LogP contribution in [-0.2, 0) is 11.2 Å². The van der Waals surface area contributed by atoms with E-state index in [0.29, 0.717) is 35.1 Å². The van der Waals surface area contributed by atoms with Gasteiger partial charge in [0.1, 0.15) is 5.82 Å². The maximum Gasteiger partial charge on any atom is 0.435 e. The number of ether oxygens (including phenoxy) is 3. The molecular weight excluding hydrogens is 365 g/mol. The Balaban J connectivity index is 1.85. The predicted octanol–water partition coefficient (Wildman–Crippen LogP) is 3.97. The van der Waals surface area contributed by atoms with Gasteiger partial charge in [0.05, 0.1) is 27.0 Å². The van der Waals surface area contributed by atoms with Crippen LogP contribution in [0, 0.1) is 5.82 Å². The van der Waals surface area contributed by atoms with Gasteiger partial charge in [-0.25, -0.2) is 9.18 Å². The number of aromatic nitrogens is 2. The molecule has 7 nitrogen and oxygen atoms in total. The fourth-order valence-corrected chi connectivity index (χ4v) is 3.39. The van der Waals surface area contributed by atoms with E-state index in [9.17, 15) is 9.18 Å². The molecule has 0 unspecified atom stereocenters. The molecule has 1 aromatic heterocycles. The lowest BCUT2D eigenvalue weighted by molar-refractivity contribution is 0.170. The Morgan fingerprint density at radius 2 is 1.89 bits per heavy atom. The first kappa shape index (κ1) is 17.8. The monoisotopic (exact) mass is 383 g/mol. The second-order valence-electron chi connectivity index (χ2n) is 6.23. The highest BCUT2D eigenvalue weighted by molar-refractivity contribution is 5.88. The molecule has 2 aromatic carbocycles. The van der Waals surface area contributed by atoms with Gasteiger partial charge in [0, 0.05) is 23.2 Å². The van der Waals surface area contributed by atoms with Crippen molar-refractivity contribution in [3.63, 3.8) is 0 Å². The summed E-state index contributed by atoms with van der Waals surface area (Å²) in [5.74, 6) is 1.24. The third-order valence-corrected chi connectivity index (χ3v) is 4.65. The predicted molar refractivity (Wildman–Crippen MR) is 101 cm³/mol. The lowest BCUT2D eigenvalue weighted by atomic mass is 10.1. The minimum absolute atomic E-state index is 0.369. The standard InChI is InChI=1S/C20H18FN3O4/c1-26-16-8-11-7-15-18(14(11)10-17(16)27-2)24(20(25)28-3)23-19(15)22-13-6-4-5-12(21)9-13/h4-6,8-10H,7H2,1-3H3,(H,22,23). The molecule has 28 heavy (non-hydrogen) atoms. The average Bonchev–Trinajstić information content (AvgIpc) is 3.23. The van der Waals surface area contributed by atoms with Gasteiger partial charge >= 0.3 is 6.09 Å². The van der Waals surface area contributed by atoms with Crippen LogP contribution >= 0.6 is 0 Å². The van der Waals surface area contributed by atoms with E-state index < -0.39 is 6.09 Å². The number of fused-ring (bicyclic) bond motifs is 3. The first-order valence-electron chi connectivity index (χ1n) is 8.53. The molecule has 0 spiro atoms. The minimum Gasteiger partial charge on any atom is -0.493 e. The van der Waals surface area contributed by atoms with E-state index in [1.807, 2.05) is 12.1 Å². The van der Waals surface area contributed by atoms with Crippen LogP contribution in [0.25, 0.3) is 11.3 Å². The van der Waals surface area contributed by atoms with Crippen molar-refractivity contribution in [3.05, 3.63) is 53.3 Å². The zero-order valence-electron chi connectivity index (χ0n) is 15.6. The molecule has 0 radical (unpaired) electrons. The van der Waals surface area contributed by atoms with Crippen LogP contribution in [0.2, 0.25) is 0 Å². The van der Waals surface area contributed by atoms with Crippen molar-refractivity contribution in [2.45, 2.75) is 6.42 Å². The van der Waals surface area contributed by atoms with Crippen LogP contribution in [0.15, 0.2) is 36.4 Å². The van der Waals surface area contributed by atoms with Crippen LogP contribution in [0.1, 0.15) is 11.1 Å². The Morgan fingerprint density at radius 3 is 2.57 bits per heavy atom. The van der Waals surface area contributed by atoms with E-state index in [2.05, 4.69) is 10.4 Å². The average molecular weight is 383 g/mol. The number of rotatable bonds is 4. The number of anilines is 2. The van der Waals surface area contributed by atoms with Gasteiger partial charge in [-0.2, -0.15) is 4.68 Å². The molecule has 4 rings (SSSR count). The number of hydrogen-bond acceptors (Lipinski definition) is 6. The van der Waals surface area contributed by atoms with E-state index in [0.717, 1.165) is 16.7 Å². The largest absolute Gasteiger partial charge is 0.493 e. The van der Waals surface area contributed by atoms with Gasteiger partial charge in [0.2, 0.25) is 0 Å². The van der Waals surface area contributed by atoms with Crippen LogP contribution < -0.4 is 14.8 Å². The fourth-order valence-electron chi connectivity index (χ4n) is 3.39. The number of halogens is 1. The van der Waals surface area contributed by atoms with Gasteiger partial charge in [-0.05, 0) is 35.9 Å². The quantitative estimate of drug-likeness (QED) is 0.575. The summed E-state index contributed by atoms with van der Waals surface area (Å²) in [5.41, 5.74) is 3.72. The van der Waals surface area contributed by atoms with Gasteiger partial charge < -0.3 is 19.5 Å². The van der Waals surface area contributed by atoms with E-state index in [1.165, 1.54) is 23.9 Å². The zero-order valence-corrected chi connectivity index (χ0v) is 15.6. The molecule has 0 atom stereocenters. The summed E-state index contributed by atoms with van der Waals surface area (Å²) in [6, 6.07) is 9.73. The van der Waals surface area contributed by atoms with Crippen molar-refractivity contribution in [2.75, 3.05) is 26.6 Å². The molecule has 1 aliphatic rings. The van der Waals surface area contributed by atoms with Crippen molar-refractivity contribution in [1.82, 2.24) is 9.78 Å². The summed E-state index contributed by atoms with van der Waals surface area (Å²) in [4.78, 5) is 12.3. The fraction of sp³-hybridized carbons (Fsp3) is 0.200. The number of benzene rings is 2. The highest BCUT2D eigenvalue weighted by Crippen LogP contribution is 2.45. The van der Waals surface area contributed by atoms with E-state index >= 15 is 0 Å². The normalized spacial score (nSPS) is 11.6. The third-order valence-electron chi connectivity index (χ3n) is 4.65. The molecule has 0 aliphatic heterocycles. The van der Waals surface area contributed by atoms with Crippen molar-refractivity contribution in [3.8, 4) is 22.8 Å². The Bertz CT molecular complexity index is 1080. The molecule has 3 aromatic rings. The topological polar surface area (TPSA) is 74.6 Å². The third kappa shape index (κ3) is 2.83. The Morgan fingerprint density at radius 1 is 1.14 bits per heavy atom. The number of carbonyl (C=O) groups excluding carboxylic acids is 1. The number of nitrogens with one attached hydrogen (secondary N) is 1. The Kier molecular flexibility index (Phi) is 4.38. The van der Waals surface area contributed by atoms with Crippen LogP contribution in [0.3, 0.4) is 0 Å². The summed E-state index contributed by atoms with van der Waals surface area (Å²) in [5, 5.41) is 7.46. The van der Waals surface area contributed by atoms with Crippen molar-refractivity contribution >= 4 is 17.6 Å². The van der Waals surface area contributed by atoms with Gasteiger partial charge in [-0.3, -0.25) is 0 Å². The second kappa shape index (κ2) is 6.88. The van der Waals surface area contributed by atoms with Crippen molar-refractivity contribution in [1.29, 1.82) is 0 Å². The first-order chi connectivity index (χ1) is 13.5. The molecule has 144 valence electrons. The molecule has 0 fully saturated rings. The molecule has 0 saturated heterocycles. The Labute approximate surface area is 160 Å². The van der Waals surface area contributed by atoms with E-state index in [1.54, 1.807) is 26.4 Å². The van der Waals surface area contributed by atoms with Gasteiger partial charge in [-0.15, -0.1) is 5.10 Å². The van der Waals surface area contributed by atoms with E-state index in [-0.39, 0.29) is 5.82 Å². The summed E-state index contributed by atoms with van der Waals surface area (Å²) >= 11 is 0. The highest BCUT2D eigenvalue weighted by atomic mass is 19.1. The maximum absolute atomic E-state index is 13.5. The van der Waals surface area contributed by atoms with Crippen LogP contribution in [0.4, 0.5) is 20.7 Å². The van der Waals surface area contributed by atoms with Crippen molar-refractivity contribution < 1.29 is 23.4 Å². The molecular formula is C20H18FN3O4. The van der Waals surface area contributed by atoms with Crippen LogP contribution in [-0.4, -0.2) is 37.2 Å². The Hall–Kier alpha value is -3.55. The number of methoxy groups -OCH3 is 3. The van der Waals surface area contributed by atoms with Crippen molar-refractivity contribution in [2.24, 2.45) is 0 Å². The molecule has 0 saturated carbocycles. The first-order valence-corrected chi connectivity index (χ1v) is 8.53. The van der Waals surface area contributed by atoms with Gasteiger partial charge in [-0.1, -0.05) is 6.07 Å². The SMILES string of the molecule is COC(=O)n1nc(Nc2cccc(F)c2)c2c1-c1cc(OC)c(OC)cc1C2. The lowest BCUT2D eigenvalue weighted by Crippen LogP contribution is -2.14. The molecule has 8 heteroatoms. The number of hydrogen-bond donors (Lipinski definition) is 1. The summed E-state index contributed by atoms with van der Waals surface area (Å²) in [6.07, 6.45) is -0.0918.